The number of rotatable bonds is 5. The average molecular weight is 423 g/mol. The summed E-state index contributed by atoms with van der Waals surface area (Å²) in [6, 6.07) is 19.5. The summed E-state index contributed by atoms with van der Waals surface area (Å²) >= 11 is 0. The van der Waals surface area contributed by atoms with Crippen molar-refractivity contribution in [2.45, 2.75) is 20.8 Å². The van der Waals surface area contributed by atoms with Gasteiger partial charge in [-0.3, -0.25) is 4.79 Å². The number of nitrogens with one attached hydrogen (secondary N) is 2. The number of benzene rings is 2. The van der Waals surface area contributed by atoms with Gasteiger partial charge in [-0.2, -0.15) is 10.4 Å². The van der Waals surface area contributed by atoms with Crippen LogP contribution in [0.4, 0.5) is 17.2 Å². The van der Waals surface area contributed by atoms with Gasteiger partial charge in [-0.25, -0.2) is 4.68 Å². The predicted molar refractivity (Wildman–Crippen MR) is 122 cm³/mol. The van der Waals surface area contributed by atoms with Crippen molar-refractivity contribution in [3.63, 3.8) is 0 Å². The molecule has 0 fully saturated rings. The van der Waals surface area contributed by atoms with Gasteiger partial charge in [0.25, 0.3) is 5.91 Å². The minimum Gasteiger partial charge on any atom is -0.339 e. The standard InChI is InChI=1S/C24H21N7O/c1-15-16(2)30-31(17(15)3)23-12-11-22(28-29-23)26-20-7-9-21(10-8-20)27-24(32)19-6-4-5-18(13-19)14-25/h4-13H,1-3H3,(H,26,28)(H,27,32). The van der Waals surface area contributed by atoms with Crippen LogP contribution >= 0.6 is 0 Å². The number of hydrogen-bond acceptors (Lipinski definition) is 6. The quantitative estimate of drug-likeness (QED) is 0.491. The van der Waals surface area contributed by atoms with Gasteiger partial charge in [0.1, 0.15) is 0 Å². The Bertz CT molecular complexity index is 1320. The monoisotopic (exact) mass is 423 g/mol. The first-order valence-electron chi connectivity index (χ1n) is 10.00. The molecule has 8 nitrogen and oxygen atoms in total. The first-order chi connectivity index (χ1) is 15.4. The van der Waals surface area contributed by atoms with E-state index >= 15 is 0 Å². The Morgan fingerprint density at radius 3 is 2.34 bits per heavy atom. The van der Waals surface area contributed by atoms with Gasteiger partial charge in [0, 0.05) is 22.6 Å². The lowest BCUT2D eigenvalue weighted by Crippen LogP contribution is -2.11. The summed E-state index contributed by atoms with van der Waals surface area (Å²) in [6.07, 6.45) is 0. The van der Waals surface area contributed by atoms with E-state index in [-0.39, 0.29) is 5.91 Å². The Balaban J connectivity index is 1.42. The number of aromatic nitrogens is 4. The molecule has 1 amide bonds. The number of hydrogen-bond donors (Lipinski definition) is 2. The zero-order chi connectivity index (χ0) is 22.7. The van der Waals surface area contributed by atoms with E-state index in [1.165, 1.54) is 0 Å². The highest BCUT2D eigenvalue weighted by atomic mass is 16.1. The summed E-state index contributed by atoms with van der Waals surface area (Å²) in [7, 11) is 0. The third-order valence-electron chi connectivity index (χ3n) is 5.19. The van der Waals surface area contributed by atoms with Crippen LogP contribution in [-0.2, 0) is 0 Å². The SMILES string of the molecule is Cc1nn(-c2ccc(Nc3ccc(NC(=O)c4cccc(C#N)c4)cc3)nn2)c(C)c1C. The molecule has 0 spiro atoms. The molecule has 0 bridgehead atoms. The highest BCUT2D eigenvalue weighted by molar-refractivity contribution is 6.04. The van der Waals surface area contributed by atoms with Crippen LogP contribution in [0.1, 0.15) is 32.9 Å². The average Bonchev–Trinajstić information content (AvgIpc) is 3.08. The molecule has 0 aliphatic carbocycles. The summed E-state index contributed by atoms with van der Waals surface area (Å²) in [5, 5.41) is 28.0. The van der Waals surface area contributed by atoms with Crippen LogP contribution in [-0.4, -0.2) is 25.9 Å². The van der Waals surface area contributed by atoms with E-state index in [0.717, 1.165) is 22.6 Å². The van der Waals surface area contributed by atoms with E-state index in [9.17, 15) is 4.79 Å². The summed E-state index contributed by atoms with van der Waals surface area (Å²) in [5.41, 5.74) is 5.46. The van der Waals surface area contributed by atoms with Crippen molar-refractivity contribution in [3.8, 4) is 11.9 Å². The summed E-state index contributed by atoms with van der Waals surface area (Å²) < 4.78 is 1.78. The number of nitrogens with zero attached hydrogens (tertiary/aromatic N) is 5. The molecule has 2 heterocycles. The minimum atomic E-state index is -0.274. The van der Waals surface area contributed by atoms with Crippen molar-refractivity contribution in [1.29, 1.82) is 5.26 Å². The lowest BCUT2D eigenvalue weighted by atomic mass is 10.1. The Hall–Kier alpha value is -4.51. The number of carbonyl (C=O) groups excluding carboxylic acids is 1. The van der Waals surface area contributed by atoms with E-state index in [1.54, 1.807) is 41.1 Å². The summed E-state index contributed by atoms with van der Waals surface area (Å²) in [5.74, 6) is 0.975. The fourth-order valence-electron chi connectivity index (χ4n) is 3.17. The van der Waals surface area contributed by atoms with Gasteiger partial charge in [-0.15, -0.1) is 10.2 Å². The van der Waals surface area contributed by atoms with Crippen molar-refractivity contribution in [1.82, 2.24) is 20.0 Å². The molecular formula is C24H21N7O. The Kier molecular flexibility index (Phi) is 5.64. The molecule has 2 aromatic heterocycles. The van der Waals surface area contributed by atoms with Gasteiger partial charge in [0.15, 0.2) is 11.6 Å². The maximum Gasteiger partial charge on any atom is 0.255 e. The Labute approximate surface area is 185 Å². The molecule has 0 atom stereocenters. The van der Waals surface area contributed by atoms with Crippen molar-refractivity contribution >= 4 is 23.1 Å². The fraction of sp³-hybridized carbons (Fsp3) is 0.125. The number of carbonyl (C=O) groups is 1. The van der Waals surface area contributed by atoms with Gasteiger partial charge in [0.2, 0.25) is 0 Å². The first-order valence-corrected chi connectivity index (χ1v) is 10.00. The molecule has 8 heteroatoms. The lowest BCUT2D eigenvalue weighted by molar-refractivity contribution is 0.102. The zero-order valence-electron chi connectivity index (χ0n) is 17.9. The number of aryl methyl sites for hydroxylation is 1. The van der Waals surface area contributed by atoms with Crippen LogP contribution in [0.3, 0.4) is 0 Å². The van der Waals surface area contributed by atoms with Gasteiger partial charge < -0.3 is 10.6 Å². The van der Waals surface area contributed by atoms with Crippen LogP contribution in [0.5, 0.6) is 0 Å². The fourth-order valence-corrected chi connectivity index (χ4v) is 3.17. The largest absolute Gasteiger partial charge is 0.339 e. The minimum absolute atomic E-state index is 0.274. The molecule has 2 aromatic carbocycles. The molecule has 2 N–H and O–H groups in total. The van der Waals surface area contributed by atoms with Crippen molar-refractivity contribution in [3.05, 3.63) is 88.7 Å². The molecule has 0 saturated heterocycles. The number of anilines is 3. The van der Waals surface area contributed by atoms with E-state index in [2.05, 4.69) is 25.9 Å². The topological polar surface area (TPSA) is 109 Å². The highest BCUT2D eigenvalue weighted by Crippen LogP contribution is 2.20. The number of amides is 1. The smallest absolute Gasteiger partial charge is 0.255 e. The lowest BCUT2D eigenvalue weighted by Gasteiger charge is -2.09. The van der Waals surface area contributed by atoms with Crippen LogP contribution in [0.2, 0.25) is 0 Å². The normalized spacial score (nSPS) is 10.4. The number of nitriles is 1. The van der Waals surface area contributed by atoms with E-state index in [4.69, 9.17) is 5.26 Å². The van der Waals surface area contributed by atoms with Gasteiger partial charge in [-0.05, 0) is 80.9 Å². The Morgan fingerprint density at radius 1 is 0.969 bits per heavy atom. The highest BCUT2D eigenvalue weighted by Gasteiger charge is 2.11. The van der Waals surface area contributed by atoms with Crippen LogP contribution in [0.15, 0.2) is 60.7 Å². The van der Waals surface area contributed by atoms with Gasteiger partial charge in [0.05, 0.1) is 17.3 Å². The molecular weight excluding hydrogens is 402 g/mol. The van der Waals surface area contributed by atoms with E-state index in [1.807, 2.05) is 51.1 Å². The summed E-state index contributed by atoms with van der Waals surface area (Å²) in [4.78, 5) is 12.4. The van der Waals surface area contributed by atoms with Gasteiger partial charge in [-0.1, -0.05) is 6.07 Å². The van der Waals surface area contributed by atoms with Gasteiger partial charge >= 0.3 is 0 Å². The zero-order valence-corrected chi connectivity index (χ0v) is 17.9. The molecule has 0 aliphatic rings. The Morgan fingerprint density at radius 2 is 1.72 bits per heavy atom. The molecule has 0 saturated carbocycles. The van der Waals surface area contributed by atoms with E-state index in [0.29, 0.717) is 28.5 Å². The third kappa shape index (κ3) is 4.32. The molecule has 4 aromatic rings. The van der Waals surface area contributed by atoms with Crippen molar-refractivity contribution in [2.24, 2.45) is 0 Å². The van der Waals surface area contributed by atoms with Crippen molar-refractivity contribution < 1.29 is 4.79 Å². The summed E-state index contributed by atoms with van der Waals surface area (Å²) in [6.45, 7) is 6.01. The molecule has 32 heavy (non-hydrogen) atoms. The maximum absolute atomic E-state index is 12.4. The third-order valence-corrected chi connectivity index (χ3v) is 5.19. The van der Waals surface area contributed by atoms with Crippen LogP contribution < -0.4 is 10.6 Å². The molecule has 0 aliphatic heterocycles. The first kappa shape index (κ1) is 20.8. The van der Waals surface area contributed by atoms with Crippen LogP contribution in [0, 0.1) is 32.1 Å². The second-order valence-corrected chi connectivity index (χ2v) is 7.33. The maximum atomic E-state index is 12.4. The molecule has 0 radical (unpaired) electrons. The molecule has 4 rings (SSSR count). The molecule has 0 unspecified atom stereocenters. The van der Waals surface area contributed by atoms with Crippen LogP contribution in [0.25, 0.3) is 5.82 Å². The predicted octanol–water partition coefficient (Wildman–Crippen LogP) is 4.46. The second-order valence-electron chi connectivity index (χ2n) is 7.33. The van der Waals surface area contributed by atoms with Crippen molar-refractivity contribution in [2.75, 3.05) is 10.6 Å². The second kappa shape index (κ2) is 8.70. The van der Waals surface area contributed by atoms with E-state index < -0.39 is 0 Å². The molecule has 158 valence electrons.